The Hall–Kier alpha value is -2.76. The summed E-state index contributed by atoms with van der Waals surface area (Å²) in [6, 6.07) is 1.05. The lowest BCUT2D eigenvalue weighted by atomic mass is 10.1. The molecule has 3 rings (SSSR count). The maximum Gasteiger partial charge on any atom is 0.255 e. The number of rotatable bonds is 10. The fourth-order valence-corrected chi connectivity index (χ4v) is 3.72. The third kappa shape index (κ3) is 6.15. The summed E-state index contributed by atoms with van der Waals surface area (Å²) in [6.45, 7) is 11.2. The summed E-state index contributed by atoms with van der Waals surface area (Å²) in [5.41, 5.74) is 1.39. The van der Waals surface area contributed by atoms with Gasteiger partial charge in [-0.15, -0.1) is 0 Å². The van der Waals surface area contributed by atoms with Crippen LogP contribution in [0.4, 0.5) is 11.5 Å². The van der Waals surface area contributed by atoms with Gasteiger partial charge in [0.15, 0.2) is 5.65 Å². The van der Waals surface area contributed by atoms with E-state index in [-0.39, 0.29) is 19.2 Å². The lowest BCUT2D eigenvalue weighted by molar-refractivity contribution is 0.0859. The molecule has 0 aromatic carbocycles. The molecule has 0 aliphatic rings. The van der Waals surface area contributed by atoms with Gasteiger partial charge in [0.2, 0.25) is 0 Å². The van der Waals surface area contributed by atoms with Crippen LogP contribution in [0, 0.1) is 0 Å². The number of anilines is 2. The van der Waals surface area contributed by atoms with E-state index in [2.05, 4.69) is 45.3 Å². The molecule has 174 valence electrons. The fourth-order valence-electron chi connectivity index (χ4n) is 2.97. The van der Waals surface area contributed by atoms with Crippen molar-refractivity contribution in [1.82, 2.24) is 29.6 Å². The molecular weight excluding hydrogens is 426 g/mol. The van der Waals surface area contributed by atoms with Crippen molar-refractivity contribution in [2.45, 2.75) is 51.8 Å². The largest absolute Gasteiger partial charge is 0.394 e. The highest BCUT2D eigenvalue weighted by atomic mass is 28.3. The molecule has 32 heavy (non-hydrogen) atoms. The molecule has 3 aromatic heterocycles. The molecule has 3 aromatic rings. The molecule has 0 bridgehead atoms. The minimum absolute atomic E-state index is 0.184. The second-order valence-electron chi connectivity index (χ2n) is 9.81. The molecule has 3 heterocycles. The van der Waals surface area contributed by atoms with Crippen molar-refractivity contribution in [3.05, 3.63) is 30.4 Å². The predicted molar refractivity (Wildman–Crippen MR) is 127 cm³/mol. The van der Waals surface area contributed by atoms with Gasteiger partial charge in [-0.2, -0.15) is 5.10 Å². The van der Waals surface area contributed by atoms with Crippen LogP contribution in [0.2, 0.25) is 25.7 Å². The van der Waals surface area contributed by atoms with Crippen molar-refractivity contribution < 1.29 is 14.6 Å². The number of ether oxygens (including phenoxy) is 1. The summed E-state index contributed by atoms with van der Waals surface area (Å²) in [4.78, 5) is 22.2. The molecule has 0 radical (unpaired) electrons. The summed E-state index contributed by atoms with van der Waals surface area (Å²) < 4.78 is 9.35. The van der Waals surface area contributed by atoms with E-state index >= 15 is 0 Å². The number of amides is 1. The number of carbonyl (C=O) groups is 1. The van der Waals surface area contributed by atoms with E-state index < -0.39 is 13.6 Å². The average Bonchev–Trinajstić information content (AvgIpc) is 3.27. The van der Waals surface area contributed by atoms with E-state index in [1.54, 1.807) is 41.7 Å². The lowest BCUT2D eigenvalue weighted by Crippen LogP contribution is -2.46. The number of nitrogens with one attached hydrogen (secondary N) is 2. The molecule has 0 aliphatic heterocycles. The SMILES string of the molecule is Cn1cc(Nc2cnc3c(n2)c(C(=O)NC(C)(C)CO)cn3COCC[Si](C)(C)C)cn1. The van der Waals surface area contributed by atoms with Gasteiger partial charge in [0.25, 0.3) is 5.91 Å². The Morgan fingerprint density at radius 2 is 2.00 bits per heavy atom. The molecule has 0 unspecified atom stereocenters. The van der Waals surface area contributed by atoms with Crippen LogP contribution in [0.25, 0.3) is 11.2 Å². The first-order valence-corrected chi connectivity index (χ1v) is 14.3. The normalized spacial score (nSPS) is 12.3. The number of aliphatic hydroxyl groups is 1. The highest BCUT2D eigenvalue weighted by molar-refractivity contribution is 6.76. The summed E-state index contributed by atoms with van der Waals surface area (Å²) in [7, 11) is 0.626. The van der Waals surface area contributed by atoms with Gasteiger partial charge < -0.3 is 25.0 Å². The average molecular weight is 460 g/mol. The zero-order valence-electron chi connectivity index (χ0n) is 19.6. The smallest absolute Gasteiger partial charge is 0.255 e. The fraction of sp³-hybridized carbons (Fsp3) is 0.524. The van der Waals surface area contributed by atoms with Gasteiger partial charge in [-0.25, -0.2) is 9.97 Å². The van der Waals surface area contributed by atoms with Crippen molar-refractivity contribution in [3.63, 3.8) is 0 Å². The second-order valence-corrected chi connectivity index (χ2v) is 15.4. The highest BCUT2D eigenvalue weighted by Gasteiger charge is 2.24. The van der Waals surface area contributed by atoms with Gasteiger partial charge in [0, 0.05) is 34.1 Å². The number of hydrogen-bond donors (Lipinski definition) is 3. The molecule has 0 aliphatic carbocycles. The van der Waals surface area contributed by atoms with Crippen LogP contribution in [0.15, 0.2) is 24.8 Å². The quantitative estimate of drug-likeness (QED) is 0.315. The standard InChI is InChI=1S/C21H33N7O3Si/c1-21(2,13-29)26-20(30)16-12-28(14-31-7-8-32(4,5)6)19-18(16)25-17(10-22-19)24-15-9-23-27(3)11-15/h9-12,29H,7-8,13-14H2,1-6H3,(H,24,25)(H,26,30). The van der Waals surface area contributed by atoms with Crippen LogP contribution in [-0.2, 0) is 18.5 Å². The highest BCUT2D eigenvalue weighted by Crippen LogP contribution is 2.22. The summed E-state index contributed by atoms with van der Waals surface area (Å²) in [6.07, 6.45) is 6.82. The Morgan fingerprint density at radius 3 is 2.62 bits per heavy atom. The molecule has 3 N–H and O–H groups in total. The predicted octanol–water partition coefficient (Wildman–Crippen LogP) is 2.72. The Labute approximate surface area is 189 Å². The van der Waals surface area contributed by atoms with E-state index in [1.165, 1.54) is 0 Å². The first-order chi connectivity index (χ1) is 15.0. The Morgan fingerprint density at radius 1 is 1.25 bits per heavy atom. The number of aromatic nitrogens is 5. The van der Waals surface area contributed by atoms with Crippen LogP contribution >= 0.6 is 0 Å². The molecule has 0 saturated heterocycles. The molecule has 0 atom stereocenters. The Balaban J connectivity index is 1.90. The zero-order valence-corrected chi connectivity index (χ0v) is 20.6. The molecule has 0 spiro atoms. The molecule has 1 amide bonds. The maximum absolute atomic E-state index is 13.0. The molecule has 0 fully saturated rings. The number of fused-ring (bicyclic) bond motifs is 1. The van der Waals surface area contributed by atoms with Crippen molar-refractivity contribution in [2.75, 3.05) is 18.5 Å². The van der Waals surface area contributed by atoms with E-state index in [0.29, 0.717) is 29.2 Å². The Kier molecular flexibility index (Phi) is 7.01. The lowest BCUT2D eigenvalue weighted by Gasteiger charge is -2.23. The molecule has 0 saturated carbocycles. The van der Waals surface area contributed by atoms with Gasteiger partial charge in [-0.05, 0) is 19.9 Å². The van der Waals surface area contributed by atoms with Gasteiger partial charge in [0.1, 0.15) is 18.1 Å². The number of hydrogen-bond acceptors (Lipinski definition) is 7. The van der Waals surface area contributed by atoms with Gasteiger partial charge in [-0.3, -0.25) is 9.48 Å². The van der Waals surface area contributed by atoms with E-state index in [4.69, 9.17) is 4.74 Å². The topological polar surface area (TPSA) is 119 Å². The zero-order chi connectivity index (χ0) is 23.5. The summed E-state index contributed by atoms with van der Waals surface area (Å²) in [5, 5.41) is 19.7. The number of aryl methyl sites for hydroxylation is 1. The van der Waals surface area contributed by atoms with Crippen LogP contribution in [0.5, 0.6) is 0 Å². The van der Waals surface area contributed by atoms with Crippen LogP contribution in [0.1, 0.15) is 24.2 Å². The van der Waals surface area contributed by atoms with Gasteiger partial charge >= 0.3 is 0 Å². The van der Waals surface area contributed by atoms with Crippen molar-refractivity contribution in [1.29, 1.82) is 0 Å². The van der Waals surface area contributed by atoms with Crippen LogP contribution < -0.4 is 10.6 Å². The minimum Gasteiger partial charge on any atom is -0.394 e. The van der Waals surface area contributed by atoms with Gasteiger partial charge in [0.05, 0.1) is 35.8 Å². The van der Waals surface area contributed by atoms with Crippen LogP contribution in [0.3, 0.4) is 0 Å². The molecular formula is C21H33N7O3Si. The molecule has 11 heteroatoms. The number of nitrogens with zero attached hydrogens (tertiary/aromatic N) is 5. The second kappa shape index (κ2) is 9.39. The number of aliphatic hydroxyl groups excluding tert-OH is 1. The summed E-state index contributed by atoms with van der Waals surface area (Å²) in [5.74, 6) is 0.168. The van der Waals surface area contributed by atoms with Gasteiger partial charge in [-0.1, -0.05) is 19.6 Å². The molecule has 10 nitrogen and oxygen atoms in total. The van der Waals surface area contributed by atoms with Crippen LogP contribution in [-0.4, -0.2) is 62.2 Å². The number of carbonyl (C=O) groups excluding carboxylic acids is 1. The first kappa shape index (κ1) is 23.9. The van der Waals surface area contributed by atoms with Crippen molar-refractivity contribution in [2.24, 2.45) is 7.05 Å². The monoisotopic (exact) mass is 459 g/mol. The maximum atomic E-state index is 13.0. The first-order valence-electron chi connectivity index (χ1n) is 10.6. The van der Waals surface area contributed by atoms with E-state index in [0.717, 1.165) is 11.7 Å². The third-order valence-electron chi connectivity index (χ3n) is 4.86. The van der Waals surface area contributed by atoms with E-state index in [1.807, 2.05) is 13.2 Å². The van der Waals surface area contributed by atoms with Crippen molar-refractivity contribution in [3.8, 4) is 0 Å². The third-order valence-corrected chi connectivity index (χ3v) is 6.57. The minimum atomic E-state index is -1.20. The summed E-state index contributed by atoms with van der Waals surface area (Å²) >= 11 is 0. The van der Waals surface area contributed by atoms with Crippen molar-refractivity contribution >= 4 is 36.7 Å². The Bertz CT molecular complexity index is 1080. The van der Waals surface area contributed by atoms with E-state index in [9.17, 15) is 9.90 Å².